The van der Waals surface area contributed by atoms with Crippen molar-refractivity contribution in [1.29, 1.82) is 0 Å². The Kier molecular flexibility index (Phi) is 4.72. The average Bonchev–Trinajstić information content (AvgIpc) is 2.50. The van der Waals surface area contributed by atoms with Gasteiger partial charge in [0.1, 0.15) is 5.54 Å². The molecule has 1 aliphatic heterocycles. The number of hydrogen-bond acceptors (Lipinski definition) is 3. The summed E-state index contributed by atoms with van der Waals surface area (Å²) in [5, 5.41) is 2.45. The first-order valence-electron chi connectivity index (χ1n) is 7.46. The number of rotatable bonds is 2. The lowest BCUT2D eigenvalue weighted by atomic mass is 9.46. The Balaban J connectivity index is 0.00000192. The molecule has 3 atom stereocenters. The summed E-state index contributed by atoms with van der Waals surface area (Å²) in [5.74, 6) is -2.68. The maximum absolute atomic E-state index is 13.7. The molecule has 0 radical (unpaired) electrons. The molecule has 128 valence electrons. The van der Waals surface area contributed by atoms with Gasteiger partial charge in [-0.3, -0.25) is 4.79 Å². The molecule has 3 unspecified atom stereocenters. The highest BCUT2D eigenvalue weighted by atomic mass is 35.5. The van der Waals surface area contributed by atoms with Gasteiger partial charge in [-0.05, 0) is 25.0 Å². The maximum atomic E-state index is 13.7. The minimum atomic E-state index is -1.16. The van der Waals surface area contributed by atoms with Crippen molar-refractivity contribution in [1.82, 2.24) is 0 Å². The first-order chi connectivity index (χ1) is 10.3. The van der Waals surface area contributed by atoms with Crippen LogP contribution in [0.15, 0.2) is 18.2 Å². The third-order valence-corrected chi connectivity index (χ3v) is 5.26. The number of hydrogen-bond donors (Lipinski definition) is 2. The Morgan fingerprint density at radius 3 is 2.78 bits per heavy atom. The quantitative estimate of drug-likeness (QED) is 0.865. The number of fused-ring (bicyclic) bond motifs is 1. The van der Waals surface area contributed by atoms with Crippen molar-refractivity contribution in [3.05, 3.63) is 29.8 Å². The SMILES string of the molecule is CC1(C)C2OCCCC2C1(N)C(=O)Nc1cccc(F)c1F.Cl. The summed E-state index contributed by atoms with van der Waals surface area (Å²) in [4.78, 5) is 12.7. The molecule has 2 fully saturated rings. The fraction of sp³-hybridized carbons (Fsp3) is 0.562. The zero-order valence-corrected chi connectivity index (χ0v) is 13.9. The third kappa shape index (κ3) is 2.44. The molecule has 4 nitrogen and oxygen atoms in total. The molecular formula is C16H21ClF2N2O2. The third-order valence-electron chi connectivity index (χ3n) is 5.26. The number of anilines is 1. The van der Waals surface area contributed by atoms with Crippen molar-refractivity contribution in [3.8, 4) is 0 Å². The van der Waals surface area contributed by atoms with E-state index >= 15 is 0 Å². The fourth-order valence-electron chi connectivity index (χ4n) is 3.86. The van der Waals surface area contributed by atoms with Crippen LogP contribution in [0.2, 0.25) is 0 Å². The Hall–Kier alpha value is -1.24. The van der Waals surface area contributed by atoms with Crippen molar-refractivity contribution < 1.29 is 18.3 Å². The Morgan fingerprint density at radius 2 is 2.09 bits per heavy atom. The van der Waals surface area contributed by atoms with Crippen molar-refractivity contribution in [2.75, 3.05) is 11.9 Å². The van der Waals surface area contributed by atoms with E-state index in [2.05, 4.69) is 5.32 Å². The normalized spacial score (nSPS) is 31.3. The van der Waals surface area contributed by atoms with Crippen LogP contribution in [0, 0.1) is 23.0 Å². The molecule has 0 bridgehead atoms. The van der Waals surface area contributed by atoms with Crippen LogP contribution in [-0.4, -0.2) is 24.2 Å². The number of benzene rings is 1. The highest BCUT2D eigenvalue weighted by molar-refractivity contribution is 6.00. The molecule has 23 heavy (non-hydrogen) atoms. The second kappa shape index (κ2) is 6.00. The molecule has 1 saturated carbocycles. The summed E-state index contributed by atoms with van der Waals surface area (Å²) in [6.07, 6.45) is 1.57. The zero-order chi connectivity index (χ0) is 16.1. The smallest absolute Gasteiger partial charge is 0.245 e. The summed E-state index contributed by atoms with van der Waals surface area (Å²) < 4.78 is 32.7. The van der Waals surface area contributed by atoms with E-state index in [4.69, 9.17) is 10.5 Å². The number of carbonyl (C=O) groups excluding carboxylic acids is 1. The number of amides is 1. The predicted octanol–water partition coefficient (Wildman–Crippen LogP) is 2.86. The summed E-state index contributed by atoms with van der Waals surface area (Å²) >= 11 is 0. The number of halogens is 3. The van der Waals surface area contributed by atoms with Crippen molar-refractivity contribution >= 4 is 24.0 Å². The minimum absolute atomic E-state index is 0. The van der Waals surface area contributed by atoms with Gasteiger partial charge in [0, 0.05) is 17.9 Å². The van der Waals surface area contributed by atoms with Gasteiger partial charge in [-0.15, -0.1) is 12.4 Å². The fourth-order valence-corrected chi connectivity index (χ4v) is 3.86. The molecule has 0 spiro atoms. The molecule has 2 aliphatic rings. The van der Waals surface area contributed by atoms with Crippen LogP contribution in [-0.2, 0) is 9.53 Å². The van der Waals surface area contributed by atoms with E-state index in [9.17, 15) is 13.6 Å². The summed E-state index contributed by atoms with van der Waals surface area (Å²) in [7, 11) is 0. The van der Waals surface area contributed by atoms with Crippen molar-refractivity contribution in [2.24, 2.45) is 17.1 Å². The molecule has 1 aromatic carbocycles. The van der Waals surface area contributed by atoms with Crippen LogP contribution < -0.4 is 11.1 Å². The van der Waals surface area contributed by atoms with Gasteiger partial charge in [-0.1, -0.05) is 19.9 Å². The summed E-state index contributed by atoms with van der Waals surface area (Å²) in [6.45, 7) is 4.42. The van der Waals surface area contributed by atoms with E-state index in [-0.39, 0.29) is 30.1 Å². The van der Waals surface area contributed by atoms with E-state index in [0.717, 1.165) is 18.9 Å². The second-order valence-corrected chi connectivity index (χ2v) is 6.69. The number of ether oxygens (including phenoxy) is 1. The van der Waals surface area contributed by atoms with Gasteiger partial charge in [-0.2, -0.15) is 0 Å². The Morgan fingerprint density at radius 1 is 1.39 bits per heavy atom. The zero-order valence-electron chi connectivity index (χ0n) is 13.1. The second-order valence-electron chi connectivity index (χ2n) is 6.69. The van der Waals surface area contributed by atoms with E-state index in [1.54, 1.807) is 0 Å². The van der Waals surface area contributed by atoms with Gasteiger partial charge in [0.15, 0.2) is 11.6 Å². The maximum Gasteiger partial charge on any atom is 0.245 e. The number of nitrogens with one attached hydrogen (secondary N) is 1. The highest BCUT2D eigenvalue weighted by Crippen LogP contribution is 2.57. The lowest BCUT2D eigenvalue weighted by molar-refractivity contribution is -0.222. The lowest BCUT2D eigenvalue weighted by Gasteiger charge is -2.65. The van der Waals surface area contributed by atoms with Crippen LogP contribution in [0.3, 0.4) is 0 Å². The monoisotopic (exact) mass is 346 g/mol. The van der Waals surface area contributed by atoms with Crippen LogP contribution in [0.5, 0.6) is 0 Å². The molecule has 7 heteroatoms. The summed E-state index contributed by atoms with van der Waals surface area (Å²) in [6, 6.07) is 3.66. The first kappa shape index (κ1) is 18.1. The molecule has 1 saturated heterocycles. The molecule has 0 aromatic heterocycles. The van der Waals surface area contributed by atoms with E-state index in [1.807, 2.05) is 13.8 Å². The average molecular weight is 347 g/mol. The standard InChI is InChI=1S/C16H20F2N2O2.ClH/c1-15(2)13-9(5-4-8-22-13)16(15,19)14(21)20-11-7-3-6-10(17)12(11)18;/h3,6-7,9,13H,4-5,8,19H2,1-2H3,(H,20,21);1H. The van der Waals surface area contributed by atoms with Crippen LogP contribution in [0.4, 0.5) is 14.5 Å². The summed E-state index contributed by atoms with van der Waals surface area (Å²) in [5.41, 5.74) is 4.50. The molecule has 3 rings (SSSR count). The Bertz CT molecular complexity index is 626. The van der Waals surface area contributed by atoms with E-state index in [0.29, 0.717) is 6.61 Å². The number of carbonyl (C=O) groups is 1. The largest absolute Gasteiger partial charge is 0.377 e. The van der Waals surface area contributed by atoms with Crippen molar-refractivity contribution in [2.45, 2.75) is 38.3 Å². The molecule has 1 aliphatic carbocycles. The Labute approximate surface area is 140 Å². The topological polar surface area (TPSA) is 64.3 Å². The molecular weight excluding hydrogens is 326 g/mol. The minimum Gasteiger partial charge on any atom is -0.377 e. The van der Waals surface area contributed by atoms with Crippen molar-refractivity contribution in [3.63, 3.8) is 0 Å². The molecule has 3 N–H and O–H groups in total. The van der Waals surface area contributed by atoms with Gasteiger partial charge in [0.05, 0.1) is 11.8 Å². The number of nitrogens with two attached hydrogens (primary N) is 1. The molecule has 1 heterocycles. The first-order valence-corrected chi connectivity index (χ1v) is 7.46. The molecule has 1 amide bonds. The lowest BCUT2D eigenvalue weighted by Crippen LogP contribution is -2.81. The van der Waals surface area contributed by atoms with Gasteiger partial charge in [-0.25, -0.2) is 8.78 Å². The predicted molar refractivity (Wildman–Crippen MR) is 85.4 cm³/mol. The van der Waals surface area contributed by atoms with Gasteiger partial charge in [0.2, 0.25) is 5.91 Å². The van der Waals surface area contributed by atoms with Gasteiger partial charge >= 0.3 is 0 Å². The van der Waals surface area contributed by atoms with Crippen LogP contribution >= 0.6 is 12.4 Å². The van der Waals surface area contributed by atoms with Crippen LogP contribution in [0.25, 0.3) is 0 Å². The van der Waals surface area contributed by atoms with Crippen LogP contribution in [0.1, 0.15) is 26.7 Å². The molecule has 1 aromatic rings. The van der Waals surface area contributed by atoms with E-state index < -0.39 is 28.5 Å². The highest BCUT2D eigenvalue weighted by Gasteiger charge is 2.70. The van der Waals surface area contributed by atoms with E-state index in [1.165, 1.54) is 12.1 Å². The van der Waals surface area contributed by atoms with Gasteiger partial charge in [0.25, 0.3) is 0 Å². The van der Waals surface area contributed by atoms with Gasteiger partial charge < -0.3 is 15.8 Å².